The molecular formula is C17H20O4. The molecule has 0 bridgehead atoms. The number of ketones is 2. The largest absolute Gasteiger partial charge is 0.478 e. The molecule has 4 heteroatoms. The number of fused-ring (bicyclic) bond motifs is 3. The summed E-state index contributed by atoms with van der Waals surface area (Å²) in [7, 11) is 0. The summed E-state index contributed by atoms with van der Waals surface area (Å²) >= 11 is 0. The van der Waals surface area contributed by atoms with E-state index in [1.807, 2.05) is 13.8 Å². The van der Waals surface area contributed by atoms with Crippen LogP contribution in [0.25, 0.3) is 0 Å². The molecule has 0 spiro atoms. The molecule has 1 saturated carbocycles. The molecule has 0 aromatic carbocycles. The average Bonchev–Trinajstić information content (AvgIpc) is 2.42. The number of carboxylic acid groups (broad SMARTS) is 1. The first-order chi connectivity index (χ1) is 9.82. The Hall–Kier alpha value is -1.71. The van der Waals surface area contributed by atoms with E-state index in [1.165, 1.54) is 0 Å². The van der Waals surface area contributed by atoms with Gasteiger partial charge in [-0.25, -0.2) is 4.79 Å². The molecule has 0 aliphatic heterocycles. The fourth-order valence-electron chi connectivity index (χ4n) is 4.29. The quantitative estimate of drug-likeness (QED) is 0.753. The standard InChI is InChI=1S/C17H20O4/c1-17(2)14-6-4-9-3-5-10(18)7-11(9)12(14)8-13(15(17)19)16(20)21/h7-9,12,14H,3-6H2,1-2H3,(H,20,21)/t9?,12?,14-/m1/s1. The molecule has 4 nitrogen and oxygen atoms in total. The number of hydrogen-bond donors (Lipinski definition) is 1. The van der Waals surface area contributed by atoms with Crippen molar-refractivity contribution >= 4 is 17.5 Å². The van der Waals surface area contributed by atoms with Crippen molar-refractivity contribution in [2.24, 2.45) is 23.2 Å². The third kappa shape index (κ3) is 2.08. The second-order valence-corrected chi connectivity index (χ2v) is 6.99. The zero-order valence-electron chi connectivity index (χ0n) is 12.4. The van der Waals surface area contributed by atoms with Crippen molar-refractivity contribution in [1.82, 2.24) is 0 Å². The van der Waals surface area contributed by atoms with Crippen LogP contribution >= 0.6 is 0 Å². The van der Waals surface area contributed by atoms with Crippen molar-refractivity contribution in [3.05, 3.63) is 23.3 Å². The Kier molecular flexibility index (Phi) is 3.15. The van der Waals surface area contributed by atoms with E-state index in [0.717, 1.165) is 24.8 Å². The highest BCUT2D eigenvalue weighted by Crippen LogP contribution is 2.53. The minimum absolute atomic E-state index is 0.0770. The average molecular weight is 288 g/mol. The van der Waals surface area contributed by atoms with Crippen LogP contribution in [0.5, 0.6) is 0 Å². The van der Waals surface area contributed by atoms with Crippen LogP contribution in [-0.2, 0) is 14.4 Å². The zero-order chi connectivity index (χ0) is 15.4. The number of aliphatic carboxylic acids is 1. The lowest BCUT2D eigenvalue weighted by Crippen LogP contribution is -2.47. The van der Waals surface area contributed by atoms with Gasteiger partial charge in [0, 0.05) is 17.8 Å². The SMILES string of the molecule is CC1(C)C(=O)C(C(=O)O)=CC2C3=CC(=O)CCC3CC[C@H]21. The van der Waals surface area contributed by atoms with Crippen molar-refractivity contribution in [3.8, 4) is 0 Å². The number of rotatable bonds is 1. The number of Topliss-reactive ketones (excluding diaryl/α,β-unsaturated/α-hetero) is 1. The minimum atomic E-state index is -1.16. The van der Waals surface area contributed by atoms with Crippen LogP contribution in [0.1, 0.15) is 39.5 Å². The molecule has 2 unspecified atom stereocenters. The normalized spacial score (nSPS) is 34.5. The fraction of sp³-hybridized carbons (Fsp3) is 0.588. The predicted octanol–water partition coefficient (Wildman–Crippen LogP) is 2.54. The maximum absolute atomic E-state index is 12.4. The fourth-order valence-corrected chi connectivity index (χ4v) is 4.29. The zero-order valence-corrected chi connectivity index (χ0v) is 12.4. The van der Waals surface area contributed by atoms with E-state index in [2.05, 4.69) is 0 Å². The molecule has 3 aliphatic carbocycles. The van der Waals surface area contributed by atoms with Gasteiger partial charge in [-0.3, -0.25) is 9.59 Å². The molecule has 3 aliphatic rings. The van der Waals surface area contributed by atoms with Crippen LogP contribution < -0.4 is 0 Å². The van der Waals surface area contributed by atoms with E-state index in [9.17, 15) is 19.5 Å². The van der Waals surface area contributed by atoms with Crippen molar-refractivity contribution in [1.29, 1.82) is 0 Å². The summed E-state index contributed by atoms with van der Waals surface area (Å²) < 4.78 is 0. The highest BCUT2D eigenvalue weighted by molar-refractivity contribution is 6.19. The molecule has 1 N–H and O–H groups in total. The lowest BCUT2D eigenvalue weighted by molar-refractivity contribution is -0.138. The molecule has 0 radical (unpaired) electrons. The second-order valence-electron chi connectivity index (χ2n) is 6.99. The van der Waals surface area contributed by atoms with Gasteiger partial charge in [-0.15, -0.1) is 0 Å². The van der Waals surface area contributed by atoms with Crippen LogP contribution in [0, 0.1) is 23.2 Å². The van der Waals surface area contributed by atoms with Crippen molar-refractivity contribution in [3.63, 3.8) is 0 Å². The predicted molar refractivity (Wildman–Crippen MR) is 76.5 cm³/mol. The summed E-state index contributed by atoms with van der Waals surface area (Å²) in [5.74, 6) is -0.914. The Morgan fingerprint density at radius 3 is 2.62 bits per heavy atom. The summed E-state index contributed by atoms with van der Waals surface area (Å²) in [6.45, 7) is 3.68. The highest BCUT2D eigenvalue weighted by atomic mass is 16.4. The molecule has 112 valence electrons. The lowest BCUT2D eigenvalue weighted by atomic mass is 9.55. The van der Waals surface area contributed by atoms with Crippen LogP contribution in [-0.4, -0.2) is 22.6 Å². The van der Waals surface area contributed by atoms with Crippen LogP contribution in [0.15, 0.2) is 23.3 Å². The Morgan fingerprint density at radius 2 is 1.95 bits per heavy atom. The first kappa shape index (κ1) is 14.2. The summed E-state index contributed by atoms with van der Waals surface area (Å²) in [6.07, 6.45) is 6.68. The van der Waals surface area contributed by atoms with Crippen molar-refractivity contribution in [2.75, 3.05) is 0 Å². The Labute approximate surface area is 123 Å². The monoisotopic (exact) mass is 288 g/mol. The number of hydrogen-bond acceptors (Lipinski definition) is 3. The molecule has 3 rings (SSSR count). The van der Waals surface area contributed by atoms with Gasteiger partial charge in [0.1, 0.15) is 0 Å². The van der Waals surface area contributed by atoms with Crippen molar-refractivity contribution < 1.29 is 19.5 Å². The summed E-state index contributed by atoms with van der Waals surface area (Å²) in [5.41, 5.74) is 0.266. The molecular weight excluding hydrogens is 268 g/mol. The van der Waals surface area contributed by atoms with Gasteiger partial charge in [0.25, 0.3) is 0 Å². The molecule has 0 heterocycles. The van der Waals surface area contributed by atoms with Crippen LogP contribution in [0.2, 0.25) is 0 Å². The number of carbonyl (C=O) groups is 3. The van der Waals surface area contributed by atoms with E-state index in [1.54, 1.807) is 12.2 Å². The van der Waals surface area contributed by atoms with E-state index in [4.69, 9.17) is 0 Å². The van der Waals surface area contributed by atoms with Gasteiger partial charge in [-0.1, -0.05) is 25.5 Å². The Morgan fingerprint density at radius 1 is 1.24 bits per heavy atom. The van der Waals surface area contributed by atoms with Gasteiger partial charge < -0.3 is 5.11 Å². The van der Waals surface area contributed by atoms with Gasteiger partial charge in [0.2, 0.25) is 0 Å². The van der Waals surface area contributed by atoms with Gasteiger partial charge in [0.05, 0.1) is 5.57 Å². The third-order valence-electron chi connectivity index (χ3n) is 5.52. The maximum Gasteiger partial charge on any atom is 0.339 e. The van der Waals surface area contributed by atoms with Gasteiger partial charge in [-0.2, -0.15) is 0 Å². The molecule has 0 aromatic heterocycles. The summed E-state index contributed by atoms with van der Waals surface area (Å²) in [4.78, 5) is 35.6. The van der Waals surface area contributed by atoms with E-state index in [0.29, 0.717) is 12.3 Å². The van der Waals surface area contributed by atoms with Crippen molar-refractivity contribution in [2.45, 2.75) is 39.5 Å². The Balaban J connectivity index is 2.11. The van der Waals surface area contributed by atoms with Crippen LogP contribution in [0.4, 0.5) is 0 Å². The molecule has 0 amide bonds. The summed E-state index contributed by atoms with van der Waals surface area (Å²) in [6, 6.07) is 0. The van der Waals surface area contributed by atoms with Gasteiger partial charge >= 0.3 is 5.97 Å². The Bertz CT molecular complexity index is 594. The van der Waals surface area contributed by atoms with E-state index < -0.39 is 11.4 Å². The molecule has 1 fully saturated rings. The number of carboxylic acids is 1. The topological polar surface area (TPSA) is 71.4 Å². The third-order valence-corrected chi connectivity index (χ3v) is 5.52. The smallest absolute Gasteiger partial charge is 0.339 e. The van der Waals surface area contributed by atoms with Gasteiger partial charge in [0.15, 0.2) is 11.6 Å². The van der Waals surface area contributed by atoms with E-state index >= 15 is 0 Å². The summed E-state index contributed by atoms with van der Waals surface area (Å²) in [5, 5.41) is 9.30. The van der Waals surface area contributed by atoms with Crippen LogP contribution in [0.3, 0.4) is 0 Å². The molecule has 0 aromatic rings. The molecule has 3 atom stereocenters. The molecule has 0 saturated heterocycles. The number of carbonyl (C=O) groups excluding carboxylic acids is 2. The van der Waals surface area contributed by atoms with Gasteiger partial charge in [-0.05, 0) is 37.2 Å². The first-order valence-electron chi connectivity index (χ1n) is 7.56. The lowest BCUT2D eigenvalue weighted by Gasteiger charge is -2.48. The highest BCUT2D eigenvalue weighted by Gasteiger charge is 2.50. The second kappa shape index (κ2) is 4.65. The van der Waals surface area contributed by atoms with E-state index in [-0.39, 0.29) is 29.0 Å². The maximum atomic E-state index is 12.4. The number of allylic oxidation sites excluding steroid dienone is 3. The molecule has 21 heavy (non-hydrogen) atoms. The first-order valence-corrected chi connectivity index (χ1v) is 7.56. The minimum Gasteiger partial charge on any atom is -0.478 e.